The van der Waals surface area contributed by atoms with Crippen LogP contribution >= 0.6 is 0 Å². The normalized spacial score (nSPS) is 17.5. The Balaban J connectivity index is 1.78. The number of anilines is 2. The molecular weight excluding hydrogens is 282 g/mol. The maximum absolute atomic E-state index is 5.55. The van der Waals surface area contributed by atoms with E-state index in [1.54, 1.807) is 12.4 Å². The Hall–Kier alpha value is -2.32. The van der Waals surface area contributed by atoms with Crippen LogP contribution in [0, 0.1) is 0 Å². The van der Waals surface area contributed by atoms with Crippen molar-refractivity contribution in [2.24, 2.45) is 0 Å². The lowest BCUT2D eigenvalue weighted by molar-refractivity contribution is 0.122. The van der Waals surface area contributed by atoms with E-state index in [2.05, 4.69) is 25.2 Å². The van der Waals surface area contributed by atoms with Crippen molar-refractivity contribution in [3.63, 3.8) is 0 Å². The summed E-state index contributed by atoms with van der Waals surface area (Å²) in [6, 6.07) is 0. The molecule has 4 heterocycles. The van der Waals surface area contributed by atoms with Crippen LogP contribution in [0.15, 0.2) is 12.4 Å². The molecule has 22 heavy (non-hydrogen) atoms. The van der Waals surface area contributed by atoms with Gasteiger partial charge in [-0.3, -0.25) is 0 Å². The topological polar surface area (TPSA) is 102 Å². The number of nitrogen functional groups attached to an aromatic ring is 1. The van der Waals surface area contributed by atoms with Gasteiger partial charge in [-0.2, -0.15) is 0 Å². The van der Waals surface area contributed by atoms with E-state index in [-0.39, 0.29) is 5.95 Å². The predicted octanol–water partition coefficient (Wildman–Crippen LogP) is -0.0444. The Bertz CT molecular complexity index is 682. The minimum absolute atomic E-state index is 0.250. The Morgan fingerprint density at radius 1 is 1.09 bits per heavy atom. The fourth-order valence-corrected chi connectivity index (χ4v) is 2.77. The van der Waals surface area contributed by atoms with E-state index in [0.717, 1.165) is 56.5 Å². The van der Waals surface area contributed by atoms with Crippen LogP contribution in [0.3, 0.4) is 0 Å². The summed E-state index contributed by atoms with van der Waals surface area (Å²) in [6.07, 6.45) is 3.32. The van der Waals surface area contributed by atoms with E-state index < -0.39 is 0 Å². The van der Waals surface area contributed by atoms with E-state index in [0.29, 0.717) is 5.82 Å². The lowest BCUT2D eigenvalue weighted by Gasteiger charge is -2.29. The van der Waals surface area contributed by atoms with Crippen molar-refractivity contribution in [2.75, 3.05) is 36.9 Å². The minimum Gasteiger partial charge on any atom is -0.378 e. The van der Waals surface area contributed by atoms with Gasteiger partial charge in [0, 0.05) is 44.1 Å². The zero-order chi connectivity index (χ0) is 14.9. The van der Waals surface area contributed by atoms with E-state index in [9.17, 15) is 0 Å². The molecule has 0 amide bonds. The molecule has 0 bridgehead atoms. The molecule has 0 atom stereocenters. The van der Waals surface area contributed by atoms with Gasteiger partial charge in [0.15, 0.2) is 5.82 Å². The second kappa shape index (κ2) is 5.47. The molecule has 0 aromatic carbocycles. The fourth-order valence-electron chi connectivity index (χ4n) is 2.77. The number of ether oxygens (including phenoxy) is 1. The second-order valence-corrected chi connectivity index (χ2v) is 5.33. The van der Waals surface area contributed by atoms with Crippen LogP contribution in [0.1, 0.15) is 11.3 Å². The molecule has 0 unspecified atom stereocenters. The van der Waals surface area contributed by atoms with Crippen LogP contribution in [-0.4, -0.2) is 46.2 Å². The van der Waals surface area contributed by atoms with Gasteiger partial charge in [-0.25, -0.2) is 19.9 Å². The molecule has 8 nitrogen and oxygen atoms in total. The molecular formula is C14H17N7O. The van der Waals surface area contributed by atoms with Gasteiger partial charge in [0.2, 0.25) is 5.95 Å². The van der Waals surface area contributed by atoms with Gasteiger partial charge in [-0.05, 0) is 0 Å². The number of aromatic nitrogens is 4. The van der Waals surface area contributed by atoms with Crippen molar-refractivity contribution in [1.29, 1.82) is 0 Å². The zero-order valence-corrected chi connectivity index (χ0v) is 12.1. The van der Waals surface area contributed by atoms with Crippen molar-refractivity contribution in [3.8, 4) is 11.4 Å². The van der Waals surface area contributed by atoms with Gasteiger partial charge in [0.25, 0.3) is 0 Å². The lowest BCUT2D eigenvalue weighted by atomic mass is 10.2. The summed E-state index contributed by atoms with van der Waals surface area (Å²) >= 11 is 0. The molecule has 114 valence electrons. The van der Waals surface area contributed by atoms with Crippen LogP contribution in [0.5, 0.6) is 0 Å². The van der Waals surface area contributed by atoms with Gasteiger partial charge < -0.3 is 20.7 Å². The van der Waals surface area contributed by atoms with Crippen LogP contribution < -0.4 is 16.0 Å². The standard InChI is InChI=1S/C14H17N7O/c15-14-17-5-9(6-18-14)12-19-11-8-16-7-10(11)13(20-12)21-1-3-22-4-2-21/h5-6,16H,1-4,7-8H2,(H2,15,17,18). The average molecular weight is 299 g/mol. The average Bonchev–Trinajstić information content (AvgIpc) is 3.04. The smallest absolute Gasteiger partial charge is 0.219 e. The number of rotatable bonds is 2. The molecule has 4 rings (SSSR count). The maximum atomic E-state index is 5.55. The first-order valence-corrected chi connectivity index (χ1v) is 7.32. The van der Waals surface area contributed by atoms with E-state index in [4.69, 9.17) is 15.5 Å². The van der Waals surface area contributed by atoms with Gasteiger partial charge in [-0.1, -0.05) is 0 Å². The predicted molar refractivity (Wildman–Crippen MR) is 81.0 cm³/mol. The van der Waals surface area contributed by atoms with Crippen molar-refractivity contribution in [1.82, 2.24) is 25.3 Å². The van der Waals surface area contributed by atoms with Gasteiger partial charge in [-0.15, -0.1) is 0 Å². The summed E-state index contributed by atoms with van der Waals surface area (Å²) in [7, 11) is 0. The van der Waals surface area contributed by atoms with Gasteiger partial charge >= 0.3 is 0 Å². The van der Waals surface area contributed by atoms with Crippen LogP contribution in [-0.2, 0) is 17.8 Å². The summed E-state index contributed by atoms with van der Waals surface area (Å²) < 4.78 is 5.43. The number of hydrogen-bond acceptors (Lipinski definition) is 8. The van der Waals surface area contributed by atoms with Crippen molar-refractivity contribution in [3.05, 3.63) is 23.7 Å². The van der Waals surface area contributed by atoms with E-state index in [1.165, 1.54) is 5.56 Å². The molecule has 2 aromatic heterocycles. The van der Waals surface area contributed by atoms with E-state index >= 15 is 0 Å². The maximum Gasteiger partial charge on any atom is 0.219 e. The second-order valence-electron chi connectivity index (χ2n) is 5.33. The van der Waals surface area contributed by atoms with Gasteiger partial charge in [0.1, 0.15) is 5.82 Å². The first-order chi connectivity index (χ1) is 10.8. The van der Waals surface area contributed by atoms with Crippen LogP contribution in [0.4, 0.5) is 11.8 Å². The van der Waals surface area contributed by atoms with Gasteiger partial charge in [0.05, 0.1) is 24.5 Å². The number of nitrogens with two attached hydrogens (primary N) is 1. The molecule has 8 heteroatoms. The molecule has 2 aromatic rings. The third-order valence-electron chi connectivity index (χ3n) is 3.91. The van der Waals surface area contributed by atoms with Crippen molar-refractivity contribution >= 4 is 11.8 Å². The fraction of sp³-hybridized carbons (Fsp3) is 0.429. The van der Waals surface area contributed by atoms with E-state index in [1.807, 2.05) is 0 Å². The Labute approximate surface area is 127 Å². The summed E-state index contributed by atoms with van der Waals surface area (Å²) in [5, 5.41) is 3.34. The quantitative estimate of drug-likeness (QED) is 0.796. The third kappa shape index (κ3) is 2.36. The highest BCUT2D eigenvalue weighted by atomic mass is 16.5. The number of nitrogens with one attached hydrogen (secondary N) is 1. The highest BCUT2D eigenvalue weighted by Gasteiger charge is 2.24. The Morgan fingerprint density at radius 3 is 2.64 bits per heavy atom. The summed E-state index contributed by atoms with van der Waals surface area (Å²) in [6.45, 7) is 4.72. The Kier molecular flexibility index (Phi) is 3.32. The van der Waals surface area contributed by atoms with Crippen molar-refractivity contribution < 1.29 is 4.74 Å². The highest BCUT2D eigenvalue weighted by Crippen LogP contribution is 2.28. The highest BCUT2D eigenvalue weighted by molar-refractivity contribution is 5.60. The van der Waals surface area contributed by atoms with Crippen LogP contribution in [0.25, 0.3) is 11.4 Å². The first-order valence-electron chi connectivity index (χ1n) is 7.32. The number of morpholine rings is 1. The molecule has 2 aliphatic heterocycles. The summed E-state index contributed by atoms with van der Waals surface area (Å²) in [5.74, 6) is 1.88. The zero-order valence-electron chi connectivity index (χ0n) is 12.1. The third-order valence-corrected chi connectivity index (χ3v) is 3.91. The van der Waals surface area contributed by atoms with Crippen LogP contribution in [0.2, 0.25) is 0 Å². The number of nitrogens with zero attached hydrogens (tertiary/aromatic N) is 5. The van der Waals surface area contributed by atoms with Crippen molar-refractivity contribution in [2.45, 2.75) is 13.1 Å². The molecule has 3 N–H and O–H groups in total. The summed E-state index contributed by atoms with van der Waals surface area (Å²) in [4.78, 5) is 19.7. The molecule has 0 radical (unpaired) electrons. The monoisotopic (exact) mass is 299 g/mol. The first kappa shape index (κ1) is 13.4. The SMILES string of the molecule is Nc1ncc(-c2nc3c(c(N4CCOCC4)n2)CNC3)cn1. The number of hydrogen-bond donors (Lipinski definition) is 2. The molecule has 0 spiro atoms. The molecule has 0 aliphatic carbocycles. The minimum atomic E-state index is 0.250. The Morgan fingerprint density at radius 2 is 1.86 bits per heavy atom. The largest absolute Gasteiger partial charge is 0.378 e. The molecule has 2 aliphatic rings. The summed E-state index contributed by atoms with van der Waals surface area (Å²) in [5.41, 5.74) is 8.55. The molecule has 1 saturated heterocycles. The molecule has 0 saturated carbocycles. The molecule has 1 fully saturated rings. The lowest BCUT2D eigenvalue weighted by Crippen LogP contribution is -2.37. The number of fused-ring (bicyclic) bond motifs is 1.